The molecule has 0 saturated heterocycles. The Morgan fingerprint density at radius 1 is 1.35 bits per heavy atom. The number of nitrogens with one attached hydrogen (secondary N) is 1. The molecule has 0 bridgehead atoms. The van der Waals surface area contributed by atoms with Gasteiger partial charge in [-0.3, -0.25) is 9.59 Å². The molecule has 1 N–H and O–H groups in total. The van der Waals surface area contributed by atoms with E-state index in [4.69, 9.17) is 5.26 Å². The lowest BCUT2D eigenvalue weighted by atomic mass is 10.2. The van der Waals surface area contributed by atoms with Crippen LogP contribution in [-0.4, -0.2) is 28.5 Å². The van der Waals surface area contributed by atoms with E-state index < -0.39 is 0 Å². The molecule has 0 spiro atoms. The van der Waals surface area contributed by atoms with Crippen molar-refractivity contribution in [3.05, 3.63) is 52.7 Å². The third-order valence-corrected chi connectivity index (χ3v) is 4.72. The molecule has 1 aliphatic carbocycles. The quantitative estimate of drug-likeness (QED) is 0.891. The first-order valence-corrected chi connectivity index (χ1v) is 8.66. The fourth-order valence-corrected chi connectivity index (χ4v) is 3.24. The predicted molar refractivity (Wildman–Crippen MR) is 98.9 cm³/mol. The molecule has 0 aliphatic heterocycles. The number of anilines is 2. The third kappa shape index (κ3) is 4.09. The van der Waals surface area contributed by atoms with Crippen molar-refractivity contribution in [2.24, 2.45) is 0 Å². The zero-order valence-corrected chi connectivity index (χ0v) is 14.7. The summed E-state index contributed by atoms with van der Waals surface area (Å²) in [5.74, 6) is -0.320. The molecule has 1 fully saturated rings. The molecule has 134 valence electrons. The minimum Gasteiger partial charge on any atom is -0.370 e. The molecule has 0 radical (unpaired) electrons. The summed E-state index contributed by atoms with van der Waals surface area (Å²) in [6, 6.07) is 8.84. The molecule has 3 rings (SSSR count). The van der Waals surface area contributed by atoms with Gasteiger partial charge in [-0.1, -0.05) is 12.8 Å². The maximum atomic E-state index is 12.2. The first kappa shape index (κ1) is 17.7. The molecule has 0 atom stereocenters. The number of rotatable bonds is 5. The Kier molecular flexibility index (Phi) is 5.32. The lowest BCUT2D eigenvalue weighted by Crippen LogP contribution is -2.32. The van der Waals surface area contributed by atoms with Crippen LogP contribution < -0.4 is 15.8 Å². The molecule has 7 heteroatoms. The lowest BCUT2D eigenvalue weighted by molar-refractivity contribution is -0.116. The molecule has 1 saturated carbocycles. The van der Waals surface area contributed by atoms with E-state index in [9.17, 15) is 9.59 Å². The van der Waals surface area contributed by atoms with E-state index in [2.05, 4.69) is 15.2 Å². The molecule has 2 aromatic rings. The highest BCUT2D eigenvalue weighted by molar-refractivity contribution is 5.90. The highest BCUT2D eigenvalue weighted by Gasteiger charge is 2.20. The Labute approximate surface area is 151 Å². The summed E-state index contributed by atoms with van der Waals surface area (Å²) < 4.78 is 1.41. The lowest BCUT2D eigenvalue weighted by Gasteiger charge is -2.26. The number of nitriles is 1. The van der Waals surface area contributed by atoms with E-state index in [0.29, 0.717) is 11.7 Å². The molecular formula is C19H21N5O2. The number of pyridine rings is 2. The third-order valence-electron chi connectivity index (χ3n) is 4.72. The first-order valence-electron chi connectivity index (χ1n) is 8.66. The fourth-order valence-electron chi connectivity index (χ4n) is 3.24. The minimum absolute atomic E-state index is 0.0782. The van der Waals surface area contributed by atoms with Gasteiger partial charge >= 0.3 is 0 Å². The fraction of sp³-hybridized carbons (Fsp3) is 0.368. The molecule has 1 amide bonds. The molecule has 0 aromatic carbocycles. The van der Waals surface area contributed by atoms with E-state index in [0.717, 1.165) is 18.5 Å². The summed E-state index contributed by atoms with van der Waals surface area (Å²) in [5, 5.41) is 11.4. The maximum absolute atomic E-state index is 12.2. The number of carbonyl (C=O) groups excluding carboxylic acids is 1. The smallest absolute Gasteiger partial charge is 0.251 e. The summed E-state index contributed by atoms with van der Waals surface area (Å²) in [6.45, 7) is -0.0782. The summed E-state index contributed by atoms with van der Waals surface area (Å²) in [4.78, 5) is 30.4. The van der Waals surface area contributed by atoms with Gasteiger partial charge in [0, 0.05) is 25.4 Å². The van der Waals surface area contributed by atoms with Crippen LogP contribution in [0.15, 0.2) is 41.5 Å². The van der Waals surface area contributed by atoms with E-state index in [-0.39, 0.29) is 23.7 Å². The van der Waals surface area contributed by atoms with Gasteiger partial charge in [-0.05, 0) is 31.0 Å². The van der Waals surface area contributed by atoms with Gasteiger partial charge in [0.25, 0.3) is 5.56 Å². The summed E-state index contributed by atoms with van der Waals surface area (Å²) in [6.07, 6.45) is 7.93. The van der Waals surface area contributed by atoms with E-state index in [1.165, 1.54) is 35.7 Å². The Bertz CT molecular complexity index is 876. The standard InChI is InChI=1S/C19H21N5O2/c1-23(16-4-2-3-5-16)17-8-9-19(26)24(12-17)13-18(25)22-15-7-6-14(10-20)21-11-15/h6-9,11-12,16H,2-5,13H2,1H3,(H,22,25). The molecule has 2 heterocycles. The van der Waals surface area contributed by atoms with Crippen molar-refractivity contribution in [2.45, 2.75) is 38.3 Å². The van der Waals surface area contributed by atoms with Crippen LogP contribution in [0.4, 0.5) is 11.4 Å². The summed E-state index contributed by atoms with van der Waals surface area (Å²) >= 11 is 0. The predicted octanol–water partition coefficient (Wildman–Crippen LogP) is 2.13. The van der Waals surface area contributed by atoms with Crippen LogP contribution >= 0.6 is 0 Å². The van der Waals surface area contributed by atoms with Gasteiger partial charge in [0.15, 0.2) is 0 Å². The number of aromatic nitrogens is 2. The summed E-state index contributed by atoms with van der Waals surface area (Å²) in [5.41, 5.74) is 1.48. The maximum Gasteiger partial charge on any atom is 0.251 e. The number of nitrogens with zero attached hydrogens (tertiary/aromatic N) is 4. The molecule has 2 aromatic heterocycles. The zero-order valence-electron chi connectivity index (χ0n) is 14.7. The topological polar surface area (TPSA) is 91.0 Å². The monoisotopic (exact) mass is 351 g/mol. The zero-order chi connectivity index (χ0) is 18.5. The highest BCUT2D eigenvalue weighted by atomic mass is 16.2. The van der Waals surface area contributed by atoms with Crippen molar-refractivity contribution >= 4 is 17.3 Å². The average Bonchev–Trinajstić information content (AvgIpc) is 3.18. The number of hydrogen-bond donors (Lipinski definition) is 1. The number of carbonyl (C=O) groups is 1. The van der Waals surface area contributed by atoms with Crippen molar-refractivity contribution in [3.63, 3.8) is 0 Å². The van der Waals surface area contributed by atoms with Gasteiger partial charge in [-0.25, -0.2) is 4.98 Å². The second kappa shape index (κ2) is 7.83. The Morgan fingerprint density at radius 2 is 2.12 bits per heavy atom. The van der Waals surface area contributed by atoms with Crippen LogP contribution in [0, 0.1) is 11.3 Å². The normalized spacial score (nSPS) is 14.0. The largest absolute Gasteiger partial charge is 0.370 e. The van der Waals surface area contributed by atoms with Crippen LogP contribution in [0.3, 0.4) is 0 Å². The molecule has 7 nitrogen and oxygen atoms in total. The highest BCUT2D eigenvalue weighted by Crippen LogP contribution is 2.26. The molecule has 1 aliphatic rings. The van der Waals surface area contributed by atoms with Gasteiger partial charge < -0.3 is 14.8 Å². The Hall–Kier alpha value is -3.14. The van der Waals surface area contributed by atoms with Crippen LogP contribution in [0.25, 0.3) is 0 Å². The Balaban J connectivity index is 1.69. The van der Waals surface area contributed by atoms with Gasteiger partial charge in [-0.2, -0.15) is 5.26 Å². The van der Waals surface area contributed by atoms with Gasteiger partial charge in [0.2, 0.25) is 5.91 Å². The van der Waals surface area contributed by atoms with Crippen LogP contribution in [0.1, 0.15) is 31.4 Å². The van der Waals surface area contributed by atoms with Crippen molar-refractivity contribution < 1.29 is 4.79 Å². The SMILES string of the molecule is CN(c1ccc(=O)n(CC(=O)Nc2ccc(C#N)nc2)c1)C1CCCC1. The first-order chi connectivity index (χ1) is 12.6. The van der Waals surface area contributed by atoms with Crippen LogP contribution in [0.2, 0.25) is 0 Å². The second-order valence-corrected chi connectivity index (χ2v) is 6.49. The van der Waals surface area contributed by atoms with Gasteiger partial charge in [0.05, 0.1) is 17.6 Å². The Morgan fingerprint density at radius 3 is 2.77 bits per heavy atom. The van der Waals surface area contributed by atoms with Crippen molar-refractivity contribution in [1.29, 1.82) is 5.26 Å². The van der Waals surface area contributed by atoms with E-state index >= 15 is 0 Å². The van der Waals surface area contributed by atoms with Crippen molar-refractivity contribution in [2.75, 3.05) is 17.3 Å². The summed E-state index contributed by atoms with van der Waals surface area (Å²) in [7, 11) is 2.03. The number of hydrogen-bond acceptors (Lipinski definition) is 5. The van der Waals surface area contributed by atoms with Crippen molar-refractivity contribution in [3.8, 4) is 6.07 Å². The van der Waals surface area contributed by atoms with Crippen LogP contribution in [0.5, 0.6) is 0 Å². The van der Waals surface area contributed by atoms with E-state index in [1.54, 1.807) is 18.3 Å². The second-order valence-electron chi connectivity index (χ2n) is 6.49. The van der Waals surface area contributed by atoms with Crippen molar-refractivity contribution in [1.82, 2.24) is 9.55 Å². The number of amides is 1. The van der Waals surface area contributed by atoms with Crippen LogP contribution in [-0.2, 0) is 11.3 Å². The van der Waals surface area contributed by atoms with Gasteiger partial charge in [0.1, 0.15) is 18.3 Å². The molecule has 0 unspecified atom stereocenters. The molecular weight excluding hydrogens is 330 g/mol. The molecule has 26 heavy (non-hydrogen) atoms. The minimum atomic E-state index is -0.320. The van der Waals surface area contributed by atoms with Gasteiger partial charge in [-0.15, -0.1) is 0 Å². The van der Waals surface area contributed by atoms with E-state index in [1.807, 2.05) is 13.1 Å². The average molecular weight is 351 g/mol.